The minimum absolute atomic E-state index is 0.315. The first-order chi connectivity index (χ1) is 18.6. The second kappa shape index (κ2) is 11.8. The van der Waals surface area contributed by atoms with Gasteiger partial charge in [-0.1, -0.05) is 86.1 Å². The molecule has 5 heteroatoms. The fraction of sp³-hybridized carbons (Fsp3) is 0.212. The lowest BCUT2D eigenvalue weighted by atomic mass is 9.99. The van der Waals surface area contributed by atoms with E-state index < -0.39 is 5.97 Å². The number of nitrogens with zero attached hydrogens (tertiary/aromatic N) is 2. The van der Waals surface area contributed by atoms with Crippen molar-refractivity contribution in [3.63, 3.8) is 0 Å². The number of aryl methyl sites for hydroxylation is 1. The predicted octanol–water partition coefficient (Wildman–Crippen LogP) is 7.45. The Morgan fingerprint density at radius 1 is 0.868 bits per heavy atom. The largest absolute Gasteiger partial charge is 0.478 e. The normalized spacial score (nSPS) is 11.1. The van der Waals surface area contributed by atoms with Crippen molar-refractivity contribution in [2.24, 2.45) is 0 Å². The molecule has 5 rings (SSSR count). The van der Waals surface area contributed by atoms with E-state index in [4.69, 9.17) is 4.98 Å². The van der Waals surface area contributed by atoms with Gasteiger partial charge in [0, 0.05) is 25.2 Å². The molecule has 0 bridgehead atoms. The van der Waals surface area contributed by atoms with Crippen molar-refractivity contribution in [2.45, 2.75) is 39.2 Å². The zero-order valence-corrected chi connectivity index (χ0v) is 21.7. The number of fused-ring (bicyclic) bond motifs is 1. The zero-order valence-electron chi connectivity index (χ0n) is 21.7. The number of imidazole rings is 1. The molecule has 0 amide bonds. The summed E-state index contributed by atoms with van der Waals surface area (Å²) in [5, 5.41) is 13.2. The molecular formula is C33H33N3O2. The summed E-state index contributed by atoms with van der Waals surface area (Å²) in [5.74, 6) is 0.187. The topological polar surface area (TPSA) is 67.2 Å². The monoisotopic (exact) mass is 503 g/mol. The molecule has 1 aromatic heterocycles. The van der Waals surface area contributed by atoms with E-state index >= 15 is 0 Å². The van der Waals surface area contributed by atoms with Crippen LogP contribution < -0.4 is 5.32 Å². The average molecular weight is 504 g/mol. The van der Waals surface area contributed by atoms with Crippen molar-refractivity contribution in [1.82, 2.24) is 9.55 Å². The van der Waals surface area contributed by atoms with Crippen LogP contribution in [0.2, 0.25) is 0 Å². The maximum Gasteiger partial charge on any atom is 0.336 e. The van der Waals surface area contributed by atoms with E-state index in [1.807, 2.05) is 30.3 Å². The highest BCUT2D eigenvalue weighted by Gasteiger charge is 2.14. The quantitative estimate of drug-likeness (QED) is 0.196. The van der Waals surface area contributed by atoms with Gasteiger partial charge in [0.1, 0.15) is 5.82 Å². The van der Waals surface area contributed by atoms with Crippen LogP contribution in [0.5, 0.6) is 0 Å². The molecule has 0 unspecified atom stereocenters. The van der Waals surface area contributed by atoms with E-state index in [1.54, 1.807) is 12.1 Å². The van der Waals surface area contributed by atoms with Gasteiger partial charge in [-0.2, -0.15) is 0 Å². The molecule has 0 aliphatic heterocycles. The van der Waals surface area contributed by atoms with Crippen molar-refractivity contribution in [1.29, 1.82) is 0 Å². The molecule has 38 heavy (non-hydrogen) atoms. The van der Waals surface area contributed by atoms with Gasteiger partial charge in [-0.05, 0) is 59.4 Å². The van der Waals surface area contributed by atoms with E-state index in [9.17, 15) is 9.90 Å². The standard InChI is InChI=1S/C33H33N3O2/c1-2-3-13-32-35-30-19-18-27(34-21-20-24-9-5-4-6-10-24)22-31(30)36(32)23-25-14-16-26(17-15-25)28-11-7-8-12-29(28)33(37)38/h4-12,14-19,22,34H,2-3,13,20-21,23H2,1H3,(H,37,38). The van der Waals surface area contributed by atoms with Crippen LogP contribution in [0.3, 0.4) is 0 Å². The van der Waals surface area contributed by atoms with Gasteiger partial charge < -0.3 is 15.0 Å². The highest BCUT2D eigenvalue weighted by Crippen LogP contribution is 2.26. The molecule has 1 heterocycles. The molecular weight excluding hydrogens is 470 g/mol. The number of aromatic carboxylic acids is 1. The number of carbonyl (C=O) groups is 1. The number of hydrogen-bond donors (Lipinski definition) is 2. The molecule has 0 radical (unpaired) electrons. The van der Waals surface area contributed by atoms with Crippen LogP contribution in [0.15, 0.2) is 97.1 Å². The summed E-state index contributed by atoms with van der Waals surface area (Å²) in [4.78, 5) is 16.7. The average Bonchev–Trinajstić information content (AvgIpc) is 3.29. The third-order valence-electron chi connectivity index (χ3n) is 6.93. The lowest BCUT2D eigenvalue weighted by Gasteiger charge is -2.12. The van der Waals surface area contributed by atoms with Crippen molar-refractivity contribution in [3.8, 4) is 11.1 Å². The Balaban J connectivity index is 1.39. The fourth-order valence-electron chi connectivity index (χ4n) is 4.87. The van der Waals surface area contributed by atoms with Gasteiger partial charge in [-0.15, -0.1) is 0 Å². The number of carboxylic acid groups (broad SMARTS) is 1. The second-order valence-corrected chi connectivity index (χ2v) is 9.63. The SMILES string of the molecule is CCCCc1nc2ccc(NCCc3ccccc3)cc2n1Cc1ccc(-c2ccccc2C(=O)O)cc1. The molecule has 5 nitrogen and oxygen atoms in total. The Hall–Kier alpha value is -4.38. The summed E-state index contributed by atoms with van der Waals surface area (Å²) in [6.07, 6.45) is 4.12. The van der Waals surface area contributed by atoms with Crippen LogP contribution in [0, 0.1) is 0 Å². The van der Waals surface area contributed by atoms with Gasteiger partial charge in [0.05, 0.1) is 16.6 Å². The second-order valence-electron chi connectivity index (χ2n) is 9.63. The number of unbranched alkanes of at least 4 members (excludes halogenated alkanes) is 1. The Morgan fingerprint density at radius 3 is 2.39 bits per heavy atom. The van der Waals surface area contributed by atoms with Crippen LogP contribution in [0.25, 0.3) is 22.2 Å². The number of rotatable bonds is 11. The predicted molar refractivity (Wildman–Crippen MR) is 155 cm³/mol. The molecule has 0 aliphatic carbocycles. The molecule has 0 fully saturated rings. The Labute approximate surface area is 223 Å². The number of anilines is 1. The van der Waals surface area contributed by atoms with Crippen LogP contribution in [0.4, 0.5) is 5.69 Å². The number of benzene rings is 4. The Bertz CT molecular complexity index is 1520. The van der Waals surface area contributed by atoms with Crippen LogP contribution in [-0.2, 0) is 19.4 Å². The minimum atomic E-state index is -0.914. The van der Waals surface area contributed by atoms with Gasteiger partial charge in [-0.25, -0.2) is 9.78 Å². The fourth-order valence-corrected chi connectivity index (χ4v) is 4.87. The molecule has 0 saturated carbocycles. The lowest BCUT2D eigenvalue weighted by molar-refractivity contribution is 0.0697. The number of aromatic nitrogens is 2. The maximum atomic E-state index is 11.7. The molecule has 2 N–H and O–H groups in total. The van der Waals surface area contributed by atoms with E-state index in [-0.39, 0.29) is 0 Å². The van der Waals surface area contributed by atoms with E-state index in [2.05, 4.69) is 71.4 Å². The number of hydrogen-bond acceptors (Lipinski definition) is 3. The van der Waals surface area contributed by atoms with E-state index in [0.717, 1.165) is 71.5 Å². The Morgan fingerprint density at radius 2 is 1.63 bits per heavy atom. The van der Waals surface area contributed by atoms with Gasteiger partial charge in [0.25, 0.3) is 0 Å². The van der Waals surface area contributed by atoms with Crippen LogP contribution >= 0.6 is 0 Å². The molecule has 0 spiro atoms. The summed E-state index contributed by atoms with van der Waals surface area (Å²) in [5.41, 5.74) is 7.65. The minimum Gasteiger partial charge on any atom is -0.478 e. The summed E-state index contributed by atoms with van der Waals surface area (Å²) in [7, 11) is 0. The third-order valence-corrected chi connectivity index (χ3v) is 6.93. The lowest BCUT2D eigenvalue weighted by Crippen LogP contribution is -2.07. The maximum absolute atomic E-state index is 11.7. The van der Waals surface area contributed by atoms with Crippen molar-refractivity contribution in [3.05, 3.63) is 120 Å². The molecule has 4 aromatic carbocycles. The summed E-state index contributed by atoms with van der Waals surface area (Å²) < 4.78 is 2.33. The Kier molecular flexibility index (Phi) is 7.84. The number of carboxylic acids is 1. The highest BCUT2D eigenvalue weighted by atomic mass is 16.4. The summed E-state index contributed by atoms with van der Waals surface area (Å²) in [6, 6.07) is 32.3. The first kappa shape index (κ1) is 25.3. The van der Waals surface area contributed by atoms with Crippen molar-refractivity contribution < 1.29 is 9.90 Å². The van der Waals surface area contributed by atoms with Gasteiger partial charge in [0.2, 0.25) is 0 Å². The number of nitrogens with one attached hydrogen (secondary N) is 1. The first-order valence-corrected chi connectivity index (χ1v) is 13.3. The third kappa shape index (κ3) is 5.78. The van der Waals surface area contributed by atoms with Crippen LogP contribution in [-0.4, -0.2) is 27.2 Å². The van der Waals surface area contributed by atoms with Crippen molar-refractivity contribution >= 4 is 22.7 Å². The summed E-state index contributed by atoms with van der Waals surface area (Å²) in [6.45, 7) is 3.78. The van der Waals surface area contributed by atoms with Crippen LogP contribution in [0.1, 0.15) is 47.1 Å². The van der Waals surface area contributed by atoms with E-state index in [0.29, 0.717) is 12.1 Å². The first-order valence-electron chi connectivity index (χ1n) is 13.3. The molecule has 0 saturated heterocycles. The van der Waals surface area contributed by atoms with Gasteiger partial charge in [0.15, 0.2) is 0 Å². The van der Waals surface area contributed by atoms with Crippen molar-refractivity contribution in [2.75, 3.05) is 11.9 Å². The molecule has 0 atom stereocenters. The molecule has 5 aromatic rings. The smallest absolute Gasteiger partial charge is 0.336 e. The molecule has 0 aliphatic rings. The van der Waals surface area contributed by atoms with E-state index in [1.165, 1.54) is 5.56 Å². The van der Waals surface area contributed by atoms with Gasteiger partial charge >= 0.3 is 5.97 Å². The molecule has 192 valence electrons. The van der Waals surface area contributed by atoms with Gasteiger partial charge in [-0.3, -0.25) is 0 Å². The highest BCUT2D eigenvalue weighted by molar-refractivity contribution is 5.96. The summed E-state index contributed by atoms with van der Waals surface area (Å²) >= 11 is 0. The zero-order chi connectivity index (χ0) is 26.3.